The number of anilines is 2. The first-order valence-corrected chi connectivity index (χ1v) is 10.6. The first-order valence-electron chi connectivity index (χ1n) is 10.6. The Morgan fingerprint density at radius 3 is 2.79 bits per heavy atom. The molecule has 0 bridgehead atoms. The van der Waals surface area contributed by atoms with Crippen molar-refractivity contribution in [3.63, 3.8) is 0 Å². The van der Waals surface area contributed by atoms with Crippen LogP contribution in [0.15, 0.2) is 30.5 Å². The Balaban J connectivity index is 1.83. The number of aromatic nitrogens is 2. The zero-order valence-electron chi connectivity index (χ0n) is 18.7. The predicted octanol–water partition coefficient (Wildman–Crippen LogP) is 3.52. The van der Waals surface area contributed by atoms with E-state index in [-0.39, 0.29) is 25.1 Å². The largest absolute Gasteiger partial charge is 0.494 e. The van der Waals surface area contributed by atoms with Crippen LogP contribution in [0.1, 0.15) is 35.8 Å². The highest BCUT2D eigenvalue weighted by molar-refractivity contribution is 5.94. The van der Waals surface area contributed by atoms with Gasteiger partial charge in [-0.05, 0) is 38.0 Å². The van der Waals surface area contributed by atoms with Gasteiger partial charge < -0.3 is 25.0 Å². The number of likely N-dealkylation sites (tertiary alicyclic amines) is 1. The first kappa shape index (κ1) is 24.1. The highest BCUT2D eigenvalue weighted by atomic mass is 19.3. The number of ether oxygens (including phenoxy) is 2. The van der Waals surface area contributed by atoms with Crippen LogP contribution in [0.3, 0.4) is 0 Å². The SMILES string of the molecule is CCOc1ccnc(Nc2ccc(C)c(C(=O)N3CC(F)(F)CCC3CNC(=O)OC)n2)c1. The molecule has 2 amide bonds. The molecule has 2 N–H and O–H groups in total. The van der Waals surface area contributed by atoms with Gasteiger partial charge in [0.05, 0.1) is 26.3 Å². The fraction of sp³-hybridized carbons (Fsp3) is 0.455. The molecule has 0 saturated carbocycles. The maximum Gasteiger partial charge on any atom is 0.406 e. The Labute approximate surface area is 190 Å². The van der Waals surface area contributed by atoms with Crippen LogP contribution in [0.2, 0.25) is 0 Å². The van der Waals surface area contributed by atoms with Crippen LogP contribution in [-0.2, 0) is 4.74 Å². The fourth-order valence-electron chi connectivity index (χ4n) is 3.53. The summed E-state index contributed by atoms with van der Waals surface area (Å²) in [4.78, 5) is 34.4. The second-order valence-corrected chi connectivity index (χ2v) is 7.65. The molecule has 0 aromatic carbocycles. The zero-order valence-corrected chi connectivity index (χ0v) is 18.7. The number of carbonyl (C=O) groups is 2. The van der Waals surface area contributed by atoms with E-state index in [9.17, 15) is 18.4 Å². The molecular formula is C22H27F2N5O4. The number of nitrogens with one attached hydrogen (secondary N) is 2. The van der Waals surface area contributed by atoms with Gasteiger partial charge in [-0.15, -0.1) is 0 Å². The molecule has 9 nitrogen and oxygen atoms in total. The molecule has 3 heterocycles. The molecule has 11 heteroatoms. The van der Waals surface area contributed by atoms with Crippen LogP contribution < -0.4 is 15.4 Å². The van der Waals surface area contributed by atoms with E-state index < -0.39 is 30.5 Å². The van der Waals surface area contributed by atoms with E-state index in [1.807, 2.05) is 6.92 Å². The molecule has 1 fully saturated rings. The summed E-state index contributed by atoms with van der Waals surface area (Å²) in [5, 5.41) is 5.50. The average molecular weight is 463 g/mol. The number of aryl methyl sites for hydroxylation is 1. The maximum atomic E-state index is 14.2. The minimum atomic E-state index is -3.02. The van der Waals surface area contributed by atoms with Gasteiger partial charge in [0.1, 0.15) is 23.1 Å². The lowest BCUT2D eigenvalue weighted by Crippen LogP contribution is -2.55. The number of alkyl halides is 2. The van der Waals surface area contributed by atoms with E-state index in [0.717, 1.165) is 4.90 Å². The smallest absolute Gasteiger partial charge is 0.406 e. The van der Waals surface area contributed by atoms with E-state index in [0.29, 0.717) is 29.6 Å². The van der Waals surface area contributed by atoms with Gasteiger partial charge in [-0.1, -0.05) is 6.07 Å². The Morgan fingerprint density at radius 1 is 1.27 bits per heavy atom. The number of methoxy groups -OCH3 is 1. The van der Waals surface area contributed by atoms with E-state index in [1.165, 1.54) is 7.11 Å². The summed E-state index contributed by atoms with van der Waals surface area (Å²) >= 11 is 0. The van der Waals surface area contributed by atoms with Crippen LogP contribution in [0.5, 0.6) is 5.75 Å². The highest BCUT2D eigenvalue weighted by Crippen LogP contribution is 2.31. The standard InChI is InChI=1S/C22H27F2N5O4/c1-4-33-16-8-10-25-18(11-16)27-17-6-5-14(2)19(28-17)20(30)29-13-22(23,24)9-7-15(29)12-26-21(31)32-3/h5-6,8,10-11,15H,4,7,9,12-13H2,1-3H3,(H,26,31)(H,25,27,28). The monoisotopic (exact) mass is 463 g/mol. The number of nitrogens with zero attached hydrogens (tertiary/aromatic N) is 3. The third-order valence-corrected chi connectivity index (χ3v) is 5.21. The van der Waals surface area contributed by atoms with Crippen LogP contribution in [-0.4, -0.2) is 65.6 Å². The van der Waals surface area contributed by atoms with E-state index in [1.54, 1.807) is 37.4 Å². The van der Waals surface area contributed by atoms with Crippen LogP contribution in [0.25, 0.3) is 0 Å². The second kappa shape index (κ2) is 10.4. The number of pyridine rings is 2. The molecule has 2 aromatic heterocycles. The Hall–Kier alpha value is -3.50. The quantitative estimate of drug-likeness (QED) is 0.647. The van der Waals surface area contributed by atoms with Crippen molar-refractivity contribution < 1.29 is 27.8 Å². The number of carbonyl (C=O) groups excluding carboxylic acids is 2. The van der Waals surface area contributed by atoms with E-state index in [2.05, 4.69) is 25.3 Å². The number of piperidine rings is 1. The lowest BCUT2D eigenvalue weighted by Gasteiger charge is -2.39. The highest BCUT2D eigenvalue weighted by Gasteiger charge is 2.43. The molecule has 1 saturated heterocycles. The fourth-order valence-corrected chi connectivity index (χ4v) is 3.53. The molecule has 1 atom stereocenters. The number of amides is 2. The number of hydrogen-bond donors (Lipinski definition) is 2. The minimum absolute atomic E-state index is 0.000375. The third kappa shape index (κ3) is 6.27. The Kier molecular flexibility index (Phi) is 7.62. The third-order valence-electron chi connectivity index (χ3n) is 5.21. The van der Waals surface area contributed by atoms with Crippen molar-refractivity contribution in [3.8, 4) is 5.75 Å². The summed E-state index contributed by atoms with van der Waals surface area (Å²) in [6.45, 7) is 3.29. The van der Waals surface area contributed by atoms with Gasteiger partial charge in [-0.3, -0.25) is 4.79 Å². The number of halogens is 2. The van der Waals surface area contributed by atoms with Gasteiger partial charge in [0.25, 0.3) is 11.8 Å². The lowest BCUT2D eigenvalue weighted by atomic mass is 9.98. The molecule has 1 aliphatic rings. The van der Waals surface area contributed by atoms with Crippen molar-refractivity contribution in [3.05, 3.63) is 41.7 Å². The molecule has 1 aliphatic heterocycles. The lowest BCUT2D eigenvalue weighted by molar-refractivity contribution is -0.0716. The molecular weight excluding hydrogens is 436 g/mol. The van der Waals surface area contributed by atoms with Crippen molar-refractivity contribution in [2.24, 2.45) is 0 Å². The number of hydrogen-bond acceptors (Lipinski definition) is 7. The van der Waals surface area contributed by atoms with Crippen molar-refractivity contribution in [1.29, 1.82) is 0 Å². The molecule has 2 aromatic rings. The summed E-state index contributed by atoms with van der Waals surface area (Å²) in [5.74, 6) is -2.25. The summed E-state index contributed by atoms with van der Waals surface area (Å²) < 4.78 is 38.3. The van der Waals surface area contributed by atoms with Gasteiger partial charge in [-0.25, -0.2) is 23.5 Å². The summed E-state index contributed by atoms with van der Waals surface area (Å²) in [5.41, 5.74) is 0.580. The van der Waals surface area contributed by atoms with Gasteiger partial charge in [0, 0.05) is 25.2 Å². The van der Waals surface area contributed by atoms with Crippen LogP contribution >= 0.6 is 0 Å². The first-order chi connectivity index (χ1) is 15.7. The maximum absolute atomic E-state index is 14.2. The number of rotatable bonds is 7. The molecule has 1 unspecified atom stereocenters. The minimum Gasteiger partial charge on any atom is -0.494 e. The van der Waals surface area contributed by atoms with Crippen molar-refractivity contribution in [2.75, 3.05) is 32.1 Å². The van der Waals surface area contributed by atoms with E-state index >= 15 is 0 Å². The molecule has 3 rings (SSSR count). The zero-order chi connectivity index (χ0) is 24.0. The van der Waals surface area contributed by atoms with Crippen molar-refractivity contribution in [1.82, 2.24) is 20.2 Å². The second-order valence-electron chi connectivity index (χ2n) is 7.65. The average Bonchev–Trinajstić information content (AvgIpc) is 2.79. The van der Waals surface area contributed by atoms with Gasteiger partial charge in [-0.2, -0.15) is 0 Å². The predicted molar refractivity (Wildman–Crippen MR) is 117 cm³/mol. The van der Waals surface area contributed by atoms with E-state index in [4.69, 9.17) is 4.74 Å². The van der Waals surface area contributed by atoms with Gasteiger partial charge in [0.15, 0.2) is 0 Å². The van der Waals surface area contributed by atoms with Crippen molar-refractivity contribution in [2.45, 2.75) is 38.7 Å². The van der Waals surface area contributed by atoms with Crippen LogP contribution in [0.4, 0.5) is 25.2 Å². The van der Waals surface area contributed by atoms with Gasteiger partial charge >= 0.3 is 6.09 Å². The molecule has 33 heavy (non-hydrogen) atoms. The Bertz CT molecular complexity index is 1000. The van der Waals surface area contributed by atoms with Crippen LogP contribution in [0, 0.1) is 6.92 Å². The molecule has 0 aliphatic carbocycles. The normalized spacial score (nSPS) is 17.2. The van der Waals surface area contributed by atoms with Crippen molar-refractivity contribution >= 4 is 23.6 Å². The number of alkyl carbamates (subject to hydrolysis) is 1. The summed E-state index contributed by atoms with van der Waals surface area (Å²) in [7, 11) is 1.21. The molecule has 178 valence electrons. The molecule has 0 radical (unpaired) electrons. The molecule has 0 spiro atoms. The Morgan fingerprint density at radius 2 is 2.06 bits per heavy atom. The van der Waals surface area contributed by atoms with Gasteiger partial charge in [0.2, 0.25) is 0 Å². The topological polar surface area (TPSA) is 106 Å². The summed E-state index contributed by atoms with van der Waals surface area (Å²) in [6, 6.07) is 6.14. The summed E-state index contributed by atoms with van der Waals surface area (Å²) in [6.07, 6.45) is 0.540.